The first-order valence-corrected chi connectivity index (χ1v) is 6.84. The van der Waals surface area contributed by atoms with Gasteiger partial charge in [-0.1, -0.05) is 12.1 Å². The molecule has 0 bridgehead atoms. The first-order valence-electron chi connectivity index (χ1n) is 6.84. The highest BCUT2D eigenvalue weighted by atomic mass is 16.2. The Balaban J connectivity index is 1.99. The third kappa shape index (κ3) is 4.57. The van der Waals surface area contributed by atoms with Crippen LogP contribution >= 0.6 is 0 Å². The topological polar surface area (TPSA) is 134 Å². The number of hydrogen-bond donors (Lipinski definition) is 5. The van der Waals surface area contributed by atoms with Gasteiger partial charge in [0.15, 0.2) is 5.96 Å². The van der Waals surface area contributed by atoms with Crippen molar-refractivity contribution in [3.63, 3.8) is 0 Å². The van der Waals surface area contributed by atoms with Crippen LogP contribution in [-0.2, 0) is 6.54 Å². The van der Waals surface area contributed by atoms with Gasteiger partial charge in [0.2, 0.25) is 5.91 Å². The molecule has 0 aliphatic rings. The number of nitrogens with one attached hydrogen (secondary N) is 3. The Kier molecular flexibility index (Phi) is 4.93. The highest BCUT2D eigenvalue weighted by Gasteiger charge is 2.07. The Labute approximate surface area is 133 Å². The Morgan fingerprint density at radius 3 is 2.00 bits per heavy atom. The van der Waals surface area contributed by atoms with Gasteiger partial charge in [-0.25, -0.2) is 0 Å². The van der Waals surface area contributed by atoms with Crippen LogP contribution in [0.4, 0.5) is 5.69 Å². The highest BCUT2D eigenvalue weighted by molar-refractivity contribution is 6.05. The first kappa shape index (κ1) is 16.0. The fourth-order valence-electron chi connectivity index (χ4n) is 1.89. The van der Waals surface area contributed by atoms with Gasteiger partial charge in [0.1, 0.15) is 0 Å². The Hall–Kier alpha value is -3.35. The van der Waals surface area contributed by atoms with Crippen LogP contribution in [0.2, 0.25) is 0 Å². The molecular weight excluding hydrogens is 294 g/mol. The van der Waals surface area contributed by atoms with Gasteiger partial charge in [0.25, 0.3) is 5.91 Å². The van der Waals surface area contributed by atoms with Crippen molar-refractivity contribution >= 4 is 23.5 Å². The molecule has 0 fully saturated rings. The van der Waals surface area contributed by atoms with Gasteiger partial charge in [-0.15, -0.1) is 0 Å². The van der Waals surface area contributed by atoms with Gasteiger partial charge in [-0.05, 0) is 42.0 Å². The van der Waals surface area contributed by atoms with Crippen molar-refractivity contribution in [3.05, 3.63) is 65.2 Å². The van der Waals surface area contributed by atoms with Crippen LogP contribution < -0.4 is 22.1 Å². The van der Waals surface area contributed by atoms with Gasteiger partial charge >= 0.3 is 0 Å². The predicted molar refractivity (Wildman–Crippen MR) is 88.1 cm³/mol. The monoisotopic (exact) mass is 311 g/mol. The zero-order valence-electron chi connectivity index (χ0n) is 12.3. The summed E-state index contributed by atoms with van der Waals surface area (Å²) in [6, 6.07) is 13.3. The van der Waals surface area contributed by atoms with Crippen LogP contribution in [0.1, 0.15) is 26.3 Å². The number of carbonyl (C=O) groups excluding carboxylic acids is 2. The van der Waals surface area contributed by atoms with E-state index in [2.05, 4.69) is 10.6 Å². The Morgan fingerprint density at radius 2 is 1.48 bits per heavy atom. The number of primary amides is 1. The zero-order chi connectivity index (χ0) is 16.8. The predicted octanol–water partition coefficient (Wildman–Crippen LogP) is 1.02. The molecule has 0 atom stereocenters. The maximum atomic E-state index is 12.1. The smallest absolute Gasteiger partial charge is 0.255 e. The number of nitrogens with two attached hydrogens (primary N) is 2. The number of anilines is 1. The minimum absolute atomic E-state index is 0.0956. The lowest BCUT2D eigenvalue weighted by molar-refractivity contribution is 0.0995. The average molecular weight is 311 g/mol. The number of carbonyl (C=O) groups is 2. The second-order valence-corrected chi connectivity index (χ2v) is 4.86. The second kappa shape index (κ2) is 7.08. The second-order valence-electron chi connectivity index (χ2n) is 4.86. The lowest BCUT2D eigenvalue weighted by atomic mass is 10.1. The molecule has 0 heterocycles. The molecule has 0 aromatic heterocycles. The molecule has 0 saturated heterocycles. The third-order valence-corrected chi connectivity index (χ3v) is 3.13. The van der Waals surface area contributed by atoms with Crippen molar-refractivity contribution in [1.82, 2.24) is 5.32 Å². The van der Waals surface area contributed by atoms with E-state index in [1.165, 1.54) is 12.1 Å². The number of rotatable bonds is 5. The fourth-order valence-corrected chi connectivity index (χ4v) is 1.89. The number of guanidine groups is 1. The molecular formula is C16H17N5O2. The molecule has 0 aliphatic heterocycles. The minimum atomic E-state index is -0.535. The SMILES string of the molecule is N=C(N)NCc1ccc(NC(=O)c2ccc(C(N)=O)cc2)cc1. The maximum absolute atomic E-state index is 12.1. The average Bonchev–Trinajstić information content (AvgIpc) is 2.54. The van der Waals surface area contributed by atoms with E-state index in [1.54, 1.807) is 24.3 Å². The lowest BCUT2D eigenvalue weighted by Gasteiger charge is -2.08. The van der Waals surface area contributed by atoms with Crippen LogP contribution in [0.3, 0.4) is 0 Å². The van der Waals surface area contributed by atoms with E-state index >= 15 is 0 Å². The van der Waals surface area contributed by atoms with Crippen molar-refractivity contribution in [2.45, 2.75) is 6.54 Å². The van der Waals surface area contributed by atoms with E-state index in [1.807, 2.05) is 12.1 Å². The van der Waals surface area contributed by atoms with E-state index in [-0.39, 0.29) is 11.9 Å². The third-order valence-electron chi connectivity index (χ3n) is 3.13. The molecule has 0 aliphatic carbocycles. The summed E-state index contributed by atoms with van der Waals surface area (Å²) < 4.78 is 0. The summed E-state index contributed by atoms with van der Waals surface area (Å²) in [6.07, 6.45) is 0. The zero-order valence-corrected chi connectivity index (χ0v) is 12.3. The molecule has 7 nitrogen and oxygen atoms in total. The van der Waals surface area contributed by atoms with Crippen molar-refractivity contribution in [2.24, 2.45) is 11.5 Å². The van der Waals surface area contributed by atoms with Gasteiger partial charge in [-0.3, -0.25) is 15.0 Å². The molecule has 2 rings (SSSR count). The molecule has 2 amide bonds. The summed E-state index contributed by atoms with van der Waals surface area (Å²) >= 11 is 0. The fraction of sp³-hybridized carbons (Fsp3) is 0.0625. The molecule has 2 aromatic rings. The largest absolute Gasteiger partial charge is 0.370 e. The summed E-state index contributed by atoms with van der Waals surface area (Å²) in [6.45, 7) is 0.443. The minimum Gasteiger partial charge on any atom is -0.370 e. The summed E-state index contributed by atoms with van der Waals surface area (Å²) in [5.41, 5.74) is 12.7. The molecule has 23 heavy (non-hydrogen) atoms. The van der Waals surface area contributed by atoms with Gasteiger partial charge in [0, 0.05) is 23.4 Å². The first-order chi connectivity index (χ1) is 11.0. The van der Waals surface area contributed by atoms with E-state index in [0.717, 1.165) is 5.56 Å². The normalized spacial score (nSPS) is 9.91. The molecule has 0 unspecified atom stereocenters. The summed E-state index contributed by atoms with van der Waals surface area (Å²) in [7, 11) is 0. The van der Waals surface area contributed by atoms with Crippen molar-refractivity contribution < 1.29 is 9.59 Å². The van der Waals surface area contributed by atoms with Gasteiger partial charge < -0.3 is 22.1 Å². The van der Waals surface area contributed by atoms with Gasteiger partial charge in [-0.2, -0.15) is 0 Å². The van der Waals surface area contributed by atoms with Crippen LogP contribution in [0.15, 0.2) is 48.5 Å². The van der Waals surface area contributed by atoms with E-state index < -0.39 is 5.91 Å². The molecule has 0 radical (unpaired) electrons. The van der Waals surface area contributed by atoms with Crippen LogP contribution in [-0.4, -0.2) is 17.8 Å². The molecule has 118 valence electrons. The molecule has 0 spiro atoms. The lowest BCUT2D eigenvalue weighted by Crippen LogP contribution is -2.29. The van der Waals surface area contributed by atoms with Crippen LogP contribution in [0.5, 0.6) is 0 Å². The molecule has 7 heteroatoms. The molecule has 0 saturated carbocycles. The standard InChI is InChI=1S/C16H17N5O2/c17-14(22)11-3-5-12(6-4-11)15(23)21-13-7-1-10(2-8-13)9-20-16(18)19/h1-8H,9H2,(H2,17,22)(H,21,23)(H4,18,19,20). The highest BCUT2D eigenvalue weighted by Crippen LogP contribution is 2.12. The summed E-state index contributed by atoms with van der Waals surface area (Å²) in [5, 5.41) is 12.6. The van der Waals surface area contributed by atoms with Crippen LogP contribution in [0, 0.1) is 5.41 Å². The summed E-state index contributed by atoms with van der Waals surface area (Å²) in [5.74, 6) is -0.913. The van der Waals surface area contributed by atoms with Gasteiger partial charge in [0.05, 0.1) is 0 Å². The van der Waals surface area contributed by atoms with Crippen LogP contribution in [0.25, 0.3) is 0 Å². The summed E-state index contributed by atoms with van der Waals surface area (Å²) in [4.78, 5) is 23.1. The number of hydrogen-bond acceptors (Lipinski definition) is 3. The van der Waals surface area contributed by atoms with Crippen molar-refractivity contribution in [2.75, 3.05) is 5.32 Å². The number of benzene rings is 2. The van der Waals surface area contributed by atoms with E-state index in [4.69, 9.17) is 16.9 Å². The van der Waals surface area contributed by atoms with E-state index in [0.29, 0.717) is 23.4 Å². The molecule has 2 aromatic carbocycles. The molecule has 7 N–H and O–H groups in total. The number of amides is 2. The maximum Gasteiger partial charge on any atom is 0.255 e. The Morgan fingerprint density at radius 1 is 0.913 bits per heavy atom. The van der Waals surface area contributed by atoms with Crippen molar-refractivity contribution in [1.29, 1.82) is 5.41 Å². The van der Waals surface area contributed by atoms with Crippen molar-refractivity contribution in [3.8, 4) is 0 Å². The van der Waals surface area contributed by atoms with E-state index in [9.17, 15) is 9.59 Å². The Bertz CT molecular complexity index is 723. The quantitative estimate of drug-likeness (QED) is 0.416.